The number of benzene rings is 1. The Morgan fingerprint density at radius 1 is 1.14 bits per heavy atom. The molecule has 21 heavy (non-hydrogen) atoms. The summed E-state index contributed by atoms with van der Waals surface area (Å²) >= 11 is 0. The zero-order valence-corrected chi connectivity index (χ0v) is 12.6. The molecule has 1 rings (SSSR count). The largest absolute Gasteiger partial charge is 0.493 e. The van der Waals surface area contributed by atoms with Gasteiger partial charge in [-0.05, 0) is 18.9 Å². The fraction of sp³-hybridized carbons (Fsp3) is 0.533. The number of hydrogen-bond acceptors (Lipinski definition) is 5. The summed E-state index contributed by atoms with van der Waals surface area (Å²) in [7, 11) is 3.03. The monoisotopic (exact) mass is 296 g/mol. The first-order chi connectivity index (χ1) is 10.1. The minimum atomic E-state index is -0.226. The second-order valence-electron chi connectivity index (χ2n) is 4.69. The SMILES string of the molecule is COc1cc(N)c(C(=O)NCCCCCCO)cc1OC. The number of unbranched alkanes of at least 4 members (excludes halogenated alkanes) is 3. The van der Waals surface area contributed by atoms with Crippen molar-refractivity contribution in [3.8, 4) is 11.5 Å². The number of hydrogen-bond donors (Lipinski definition) is 3. The van der Waals surface area contributed by atoms with E-state index in [1.807, 2.05) is 0 Å². The average molecular weight is 296 g/mol. The maximum Gasteiger partial charge on any atom is 0.253 e. The molecule has 1 aromatic rings. The van der Waals surface area contributed by atoms with Crippen LogP contribution >= 0.6 is 0 Å². The van der Waals surface area contributed by atoms with Gasteiger partial charge in [0.05, 0.1) is 19.8 Å². The van der Waals surface area contributed by atoms with Crippen molar-refractivity contribution < 1.29 is 19.4 Å². The van der Waals surface area contributed by atoms with Crippen LogP contribution in [0.4, 0.5) is 5.69 Å². The first kappa shape index (κ1) is 17.1. The number of nitrogens with one attached hydrogen (secondary N) is 1. The molecule has 1 aromatic carbocycles. The third-order valence-electron chi connectivity index (χ3n) is 3.17. The fourth-order valence-electron chi connectivity index (χ4n) is 1.98. The molecule has 0 radical (unpaired) electrons. The zero-order chi connectivity index (χ0) is 15.7. The van der Waals surface area contributed by atoms with E-state index in [2.05, 4.69) is 5.32 Å². The molecule has 0 saturated carbocycles. The summed E-state index contributed by atoms with van der Waals surface area (Å²) in [5.41, 5.74) is 6.60. The van der Waals surface area contributed by atoms with E-state index in [4.69, 9.17) is 20.3 Å². The Kier molecular flexibility index (Phi) is 7.39. The van der Waals surface area contributed by atoms with E-state index in [0.29, 0.717) is 29.3 Å². The molecule has 0 aliphatic rings. The number of carbonyl (C=O) groups excluding carboxylic acids is 1. The van der Waals surface area contributed by atoms with E-state index in [1.165, 1.54) is 14.2 Å². The standard InChI is InChI=1S/C15H24N2O4/c1-20-13-9-11(12(16)10-14(13)21-2)15(19)17-7-5-3-4-6-8-18/h9-10,18H,3-8,16H2,1-2H3,(H,17,19). The first-order valence-corrected chi connectivity index (χ1v) is 7.04. The summed E-state index contributed by atoms with van der Waals surface area (Å²) in [6.07, 6.45) is 3.61. The molecule has 0 spiro atoms. The zero-order valence-electron chi connectivity index (χ0n) is 12.6. The lowest BCUT2D eigenvalue weighted by Gasteiger charge is -2.12. The molecule has 1 amide bonds. The number of aliphatic hydroxyl groups excluding tert-OH is 1. The number of nitrogen functional groups attached to an aromatic ring is 1. The van der Waals surface area contributed by atoms with Gasteiger partial charge in [-0.3, -0.25) is 4.79 Å². The highest BCUT2D eigenvalue weighted by Gasteiger charge is 2.14. The normalized spacial score (nSPS) is 10.2. The van der Waals surface area contributed by atoms with Gasteiger partial charge in [-0.25, -0.2) is 0 Å². The van der Waals surface area contributed by atoms with Crippen LogP contribution in [0, 0.1) is 0 Å². The summed E-state index contributed by atoms with van der Waals surface area (Å²) in [5, 5.41) is 11.5. The lowest BCUT2D eigenvalue weighted by molar-refractivity contribution is 0.0953. The summed E-state index contributed by atoms with van der Waals surface area (Å²) < 4.78 is 10.3. The van der Waals surface area contributed by atoms with E-state index >= 15 is 0 Å². The second kappa shape index (κ2) is 9.07. The van der Waals surface area contributed by atoms with E-state index in [0.717, 1.165) is 25.7 Å². The summed E-state index contributed by atoms with van der Waals surface area (Å²) in [6, 6.07) is 3.16. The molecular formula is C15H24N2O4. The molecule has 0 aliphatic carbocycles. The quantitative estimate of drug-likeness (QED) is 0.475. The number of aliphatic hydroxyl groups is 1. The maximum atomic E-state index is 12.1. The molecule has 6 nitrogen and oxygen atoms in total. The van der Waals surface area contributed by atoms with Crippen molar-refractivity contribution in [3.05, 3.63) is 17.7 Å². The van der Waals surface area contributed by atoms with Crippen LogP contribution in [0.1, 0.15) is 36.0 Å². The lowest BCUT2D eigenvalue weighted by atomic mass is 10.1. The van der Waals surface area contributed by atoms with Crippen LogP contribution in [0.5, 0.6) is 11.5 Å². The second-order valence-corrected chi connectivity index (χ2v) is 4.69. The van der Waals surface area contributed by atoms with Crippen LogP contribution in [0.2, 0.25) is 0 Å². The van der Waals surface area contributed by atoms with E-state index in [1.54, 1.807) is 12.1 Å². The van der Waals surface area contributed by atoms with Crippen LogP contribution in [0.15, 0.2) is 12.1 Å². The van der Waals surface area contributed by atoms with Gasteiger partial charge in [0.25, 0.3) is 5.91 Å². The maximum absolute atomic E-state index is 12.1. The predicted octanol–water partition coefficient (Wildman–Crippen LogP) is 1.57. The Balaban J connectivity index is 2.57. The van der Waals surface area contributed by atoms with E-state index in [9.17, 15) is 4.79 Å². The molecule has 6 heteroatoms. The number of rotatable bonds is 9. The molecule has 0 fully saturated rings. The number of anilines is 1. The van der Waals surface area contributed by atoms with Crippen molar-refractivity contribution in [2.45, 2.75) is 25.7 Å². The Morgan fingerprint density at radius 2 is 1.76 bits per heavy atom. The molecule has 4 N–H and O–H groups in total. The van der Waals surface area contributed by atoms with Crippen molar-refractivity contribution in [2.24, 2.45) is 0 Å². The molecule has 0 atom stereocenters. The van der Waals surface area contributed by atoms with Crippen LogP contribution in [-0.4, -0.2) is 38.4 Å². The van der Waals surface area contributed by atoms with Crippen LogP contribution in [0.25, 0.3) is 0 Å². The first-order valence-electron chi connectivity index (χ1n) is 7.04. The fourth-order valence-corrected chi connectivity index (χ4v) is 1.98. The Labute approximate surface area is 125 Å². The highest BCUT2D eigenvalue weighted by atomic mass is 16.5. The topological polar surface area (TPSA) is 93.8 Å². The molecule has 0 bridgehead atoms. The molecule has 0 heterocycles. The third kappa shape index (κ3) is 5.15. The van der Waals surface area contributed by atoms with Gasteiger partial charge in [0.2, 0.25) is 0 Å². The van der Waals surface area contributed by atoms with Crippen molar-refractivity contribution in [1.82, 2.24) is 5.32 Å². The van der Waals surface area contributed by atoms with Gasteiger partial charge in [0.15, 0.2) is 11.5 Å². The average Bonchev–Trinajstić information content (AvgIpc) is 2.50. The van der Waals surface area contributed by atoms with Gasteiger partial charge in [-0.15, -0.1) is 0 Å². The molecule has 0 aromatic heterocycles. The minimum Gasteiger partial charge on any atom is -0.493 e. The van der Waals surface area contributed by atoms with Crippen LogP contribution in [0.3, 0.4) is 0 Å². The van der Waals surface area contributed by atoms with E-state index in [-0.39, 0.29) is 12.5 Å². The van der Waals surface area contributed by atoms with Crippen LogP contribution < -0.4 is 20.5 Å². The highest BCUT2D eigenvalue weighted by Crippen LogP contribution is 2.31. The third-order valence-corrected chi connectivity index (χ3v) is 3.17. The number of methoxy groups -OCH3 is 2. The lowest BCUT2D eigenvalue weighted by Crippen LogP contribution is -2.25. The highest BCUT2D eigenvalue weighted by molar-refractivity contribution is 6.00. The number of ether oxygens (including phenoxy) is 2. The van der Waals surface area contributed by atoms with E-state index < -0.39 is 0 Å². The summed E-state index contributed by atoms with van der Waals surface area (Å²) in [5.74, 6) is 0.742. The Hall–Kier alpha value is -1.95. The summed E-state index contributed by atoms with van der Waals surface area (Å²) in [4.78, 5) is 12.1. The van der Waals surface area contributed by atoms with Gasteiger partial charge < -0.3 is 25.6 Å². The minimum absolute atomic E-state index is 0.217. The predicted molar refractivity (Wildman–Crippen MR) is 81.8 cm³/mol. The van der Waals surface area contributed by atoms with Gasteiger partial charge in [-0.1, -0.05) is 12.8 Å². The molecule has 0 unspecified atom stereocenters. The van der Waals surface area contributed by atoms with Crippen LogP contribution in [-0.2, 0) is 0 Å². The number of nitrogens with two attached hydrogens (primary N) is 1. The molecular weight excluding hydrogens is 272 g/mol. The van der Waals surface area contributed by atoms with Gasteiger partial charge in [0, 0.05) is 24.9 Å². The van der Waals surface area contributed by atoms with Crippen molar-refractivity contribution in [1.29, 1.82) is 0 Å². The molecule has 118 valence electrons. The van der Waals surface area contributed by atoms with Crippen molar-refractivity contribution in [3.63, 3.8) is 0 Å². The Morgan fingerprint density at radius 3 is 2.38 bits per heavy atom. The van der Waals surface area contributed by atoms with Gasteiger partial charge in [-0.2, -0.15) is 0 Å². The Bertz CT molecular complexity index is 463. The summed E-state index contributed by atoms with van der Waals surface area (Å²) in [6.45, 7) is 0.798. The van der Waals surface area contributed by atoms with Crippen molar-refractivity contribution >= 4 is 11.6 Å². The smallest absolute Gasteiger partial charge is 0.253 e. The van der Waals surface area contributed by atoms with Gasteiger partial charge in [0.1, 0.15) is 0 Å². The molecule has 0 saturated heterocycles. The van der Waals surface area contributed by atoms with Crippen molar-refractivity contribution in [2.75, 3.05) is 33.1 Å². The van der Waals surface area contributed by atoms with Gasteiger partial charge >= 0.3 is 0 Å². The number of amides is 1. The number of carbonyl (C=O) groups is 1. The molecule has 0 aliphatic heterocycles.